The lowest BCUT2D eigenvalue weighted by Crippen LogP contribution is -2.16. The molecule has 0 aliphatic carbocycles. The van der Waals surface area contributed by atoms with E-state index in [2.05, 4.69) is 0 Å². The average molecular weight is 236 g/mol. The molecule has 0 amide bonds. The highest BCUT2D eigenvalue weighted by Crippen LogP contribution is 2.15. The van der Waals surface area contributed by atoms with Crippen molar-refractivity contribution in [3.05, 3.63) is 54.4 Å². The Balaban J connectivity index is 2.56. The van der Waals surface area contributed by atoms with E-state index in [9.17, 15) is 8.42 Å². The van der Waals surface area contributed by atoms with Crippen molar-refractivity contribution >= 4 is 10.0 Å². The molecule has 0 aliphatic heterocycles. The third-order valence-electron chi connectivity index (χ3n) is 2.30. The molecule has 0 spiro atoms. The van der Waals surface area contributed by atoms with Crippen LogP contribution in [-0.2, 0) is 16.6 Å². The van der Waals surface area contributed by atoms with E-state index in [4.69, 9.17) is 5.73 Å². The van der Waals surface area contributed by atoms with Crippen LogP contribution in [0.1, 0.15) is 5.69 Å². The van der Waals surface area contributed by atoms with E-state index in [-0.39, 0.29) is 11.4 Å². The number of nitrogens with zero attached hydrogens (tertiary/aromatic N) is 1. The molecule has 0 fully saturated rings. The van der Waals surface area contributed by atoms with Gasteiger partial charge in [-0.3, -0.25) is 0 Å². The molecule has 0 atom stereocenters. The Bertz CT molecular complexity index is 573. The number of rotatable bonds is 3. The van der Waals surface area contributed by atoms with Crippen molar-refractivity contribution in [2.24, 2.45) is 5.73 Å². The smallest absolute Gasteiger partial charge is 0.267 e. The van der Waals surface area contributed by atoms with Gasteiger partial charge in [-0.05, 0) is 24.3 Å². The molecule has 16 heavy (non-hydrogen) atoms. The lowest BCUT2D eigenvalue weighted by atomic mass is 10.4. The summed E-state index contributed by atoms with van der Waals surface area (Å²) in [6.45, 7) is 0.194. The van der Waals surface area contributed by atoms with Gasteiger partial charge in [0.25, 0.3) is 10.0 Å². The maximum Gasteiger partial charge on any atom is 0.267 e. The van der Waals surface area contributed by atoms with Crippen LogP contribution in [0.2, 0.25) is 0 Å². The second-order valence-corrected chi connectivity index (χ2v) is 5.13. The molecule has 2 rings (SSSR count). The summed E-state index contributed by atoms with van der Waals surface area (Å²) in [4.78, 5) is 0.265. The summed E-state index contributed by atoms with van der Waals surface area (Å²) in [5.74, 6) is 0. The zero-order chi connectivity index (χ0) is 11.6. The van der Waals surface area contributed by atoms with Crippen LogP contribution in [0.15, 0.2) is 53.6 Å². The number of aromatic nitrogens is 1. The van der Waals surface area contributed by atoms with Crippen LogP contribution >= 0.6 is 0 Å². The van der Waals surface area contributed by atoms with E-state index in [0.29, 0.717) is 5.69 Å². The summed E-state index contributed by atoms with van der Waals surface area (Å²) in [6, 6.07) is 11.7. The van der Waals surface area contributed by atoms with Crippen LogP contribution < -0.4 is 5.73 Å². The third kappa shape index (κ3) is 1.75. The highest BCUT2D eigenvalue weighted by atomic mass is 32.2. The Labute approximate surface area is 94.4 Å². The van der Waals surface area contributed by atoms with Gasteiger partial charge in [-0.25, -0.2) is 12.4 Å². The lowest BCUT2D eigenvalue weighted by Gasteiger charge is -2.08. The van der Waals surface area contributed by atoms with Crippen LogP contribution in [0.4, 0.5) is 0 Å². The molecule has 0 radical (unpaired) electrons. The molecule has 5 heteroatoms. The summed E-state index contributed by atoms with van der Waals surface area (Å²) in [7, 11) is -3.50. The van der Waals surface area contributed by atoms with E-state index in [1.807, 2.05) is 0 Å². The lowest BCUT2D eigenvalue weighted by molar-refractivity contribution is 0.585. The van der Waals surface area contributed by atoms with Gasteiger partial charge in [0.2, 0.25) is 0 Å². The van der Waals surface area contributed by atoms with Gasteiger partial charge in [-0.2, -0.15) is 0 Å². The standard InChI is InChI=1S/C11H12N2O2S/c12-9-10-5-4-8-13(10)16(14,15)11-6-2-1-3-7-11/h1-8H,9,12H2. The second-order valence-electron chi connectivity index (χ2n) is 3.32. The van der Waals surface area contributed by atoms with Gasteiger partial charge in [0.15, 0.2) is 0 Å². The summed E-state index contributed by atoms with van der Waals surface area (Å²) >= 11 is 0. The minimum absolute atomic E-state index is 0.194. The topological polar surface area (TPSA) is 65.1 Å². The number of hydrogen-bond donors (Lipinski definition) is 1. The highest BCUT2D eigenvalue weighted by molar-refractivity contribution is 7.90. The molecule has 0 saturated carbocycles. The van der Waals surface area contributed by atoms with Gasteiger partial charge in [0, 0.05) is 18.4 Å². The van der Waals surface area contributed by atoms with Gasteiger partial charge >= 0.3 is 0 Å². The molecule has 1 aromatic heterocycles. The molecule has 2 N–H and O–H groups in total. The van der Waals surface area contributed by atoms with Gasteiger partial charge < -0.3 is 5.73 Å². The first kappa shape index (κ1) is 10.9. The van der Waals surface area contributed by atoms with E-state index < -0.39 is 10.0 Å². The molecule has 2 aromatic rings. The normalized spacial score (nSPS) is 11.6. The first-order chi connectivity index (χ1) is 7.66. The second kappa shape index (κ2) is 4.11. The largest absolute Gasteiger partial charge is 0.325 e. The summed E-state index contributed by atoms with van der Waals surface area (Å²) in [5.41, 5.74) is 6.06. The van der Waals surface area contributed by atoms with Crippen LogP contribution in [0, 0.1) is 0 Å². The van der Waals surface area contributed by atoms with E-state index >= 15 is 0 Å². The summed E-state index contributed by atoms with van der Waals surface area (Å²) < 4.78 is 25.6. The SMILES string of the molecule is NCc1cccn1S(=O)(=O)c1ccccc1. The molecule has 0 unspecified atom stereocenters. The predicted molar refractivity (Wildman–Crippen MR) is 61.3 cm³/mol. The Kier molecular flexibility index (Phi) is 2.80. The molecule has 1 aromatic carbocycles. The van der Waals surface area contributed by atoms with Crippen molar-refractivity contribution < 1.29 is 8.42 Å². The molecule has 84 valence electrons. The van der Waals surface area contributed by atoms with Gasteiger partial charge in [-0.1, -0.05) is 18.2 Å². The van der Waals surface area contributed by atoms with Gasteiger partial charge in [0.1, 0.15) is 0 Å². The van der Waals surface area contributed by atoms with Crippen LogP contribution in [-0.4, -0.2) is 12.4 Å². The third-order valence-corrected chi connectivity index (χ3v) is 4.04. The van der Waals surface area contributed by atoms with E-state index in [0.717, 1.165) is 0 Å². The first-order valence-corrected chi connectivity index (χ1v) is 6.27. The fraction of sp³-hybridized carbons (Fsp3) is 0.0909. The minimum atomic E-state index is -3.50. The summed E-state index contributed by atoms with van der Waals surface area (Å²) in [6.07, 6.45) is 1.50. The molecular formula is C11H12N2O2S. The Hall–Kier alpha value is -1.59. The maximum atomic E-state index is 12.2. The monoisotopic (exact) mass is 236 g/mol. The molecule has 0 aliphatic rings. The minimum Gasteiger partial charge on any atom is -0.325 e. The van der Waals surface area contributed by atoms with Crippen LogP contribution in [0.5, 0.6) is 0 Å². The predicted octanol–water partition coefficient (Wildman–Crippen LogP) is 1.18. The molecular weight excluding hydrogens is 224 g/mol. The van der Waals surface area contributed by atoms with Crippen LogP contribution in [0.25, 0.3) is 0 Å². The maximum absolute atomic E-state index is 12.2. The van der Waals surface area contributed by atoms with E-state index in [1.54, 1.807) is 42.5 Å². The van der Waals surface area contributed by atoms with Crippen LogP contribution in [0.3, 0.4) is 0 Å². The number of hydrogen-bond acceptors (Lipinski definition) is 3. The van der Waals surface area contributed by atoms with Crippen molar-refractivity contribution in [1.82, 2.24) is 3.97 Å². The quantitative estimate of drug-likeness (QED) is 0.870. The van der Waals surface area contributed by atoms with E-state index in [1.165, 1.54) is 10.2 Å². The zero-order valence-electron chi connectivity index (χ0n) is 8.58. The van der Waals surface area contributed by atoms with Gasteiger partial charge in [0.05, 0.1) is 4.90 Å². The first-order valence-electron chi connectivity index (χ1n) is 4.83. The summed E-state index contributed by atoms with van der Waals surface area (Å²) in [5, 5.41) is 0. The number of benzene rings is 1. The van der Waals surface area contributed by atoms with Crippen molar-refractivity contribution in [3.63, 3.8) is 0 Å². The molecule has 4 nitrogen and oxygen atoms in total. The van der Waals surface area contributed by atoms with Crippen molar-refractivity contribution in [3.8, 4) is 0 Å². The number of nitrogens with two attached hydrogens (primary N) is 1. The van der Waals surface area contributed by atoms with Gasteiger partial charge in [-0.15, -0.1) is 0 Å². The fourth-order valence-electron chi connectivity index (χ4n) is 1.50. The Morgan fingerprint density at radius 3 is 2.38 bits per heavy atom. The highest BCUT2D eigenvalue weighted by Gasteiger charge is 2.17. The van der Waals surface area contributed by atoms with Crippen molar-refractivity contribution in [2.75, 3.05) is 0 Å². The van der Waals surface area contributed by atoms with Crippen molar-refractivity contribution in [1.29, 1.82) is 0 Å². The average Bonchev–Trinajstić information content (AvgIpc) is 2.79. The van der Waals surface area contributed by atoms with Crippen molar-refractivity contribution in [2.45, 2.75) is 11.4 Å². The zero-order valence-corrected chi connectivity index (χ0v) is 9.39. The molecule has 0 saturated heterocycles. The Morgan fingerprint density at radius 2 is 1.75 bits per heavy atom. The fourth-order valence-corrected chi connectivity index (χ4v) is 2.90. The Morgan fingerprint density at radius 1 is 1.06 bits per heavy atom. The molecule has 1 heterocycles. The molecule has 0 bridgehead atoms.